The second kappa shape index (κ2) is 9.15. The van der Waals surface area contributed by atoms with E-state index in [0.29, 0.717) is 22.3 Å². The van der Waals surface area contributed by atoms with Gasteiger partial charge in [-0.15, -0.1) is 0 Å². The highest BCUT2D eigenvalue weighted by Crippen LogP contribution is 2.41. The summed E-state index contributed by atoms with van der Waals surface area (Å²) in [6.07, 6.45) is 4.97. The second-order valence-electron chi connectivity index (χ2n) is 8.27. The van der Waals surface area contributed by atoms with Crippen molar-refractivity contribution in [1.82, 2.24) is 14.3 Å². The minimum Gasteiger partial charge on any atom is -0.335 e. The molecule has 1 fully saturated rings. The molecule has 1 aliphatic rings. The summed E-state index contributed by atoms with van der Waals surface area (Å²) in [4.78, 5) is 4.03. The van der Waals surface area contributed by atoms with Gasteiger partial charge in [-0.3, -0.25) is 4.98 Å². The largest absolute Gasteiger partial charge is 0.335 e. The van der Waals surface area contributed by atoms with E-state index in [1.165, 1.54) is 18.2 Å². The third kappa shape index (κ3) is 4.23. The zero-order valence-electron chi connectivity index (χ0n) is 18.0. The highest BCUT2D eigenvalue weighted by molar-refractivity contribution is 7.89. The van der Waals surface area contributed by atoms with Crippen LogP contribution >= 0.6 is 0 Å². The van der Waals surface area contributed by atoms with Crippen molar-refractivity contribution in [3.63, 3.8) is 0 Å². The summed E-state index contributed by atoms with van der Waals surface area (Å²) in [6.45, 7) is -0.687. The van der Waals surface area contributed by atoms with Crippen LogP contribution in [0.5, 0.6) is 0 Å². The molecule has 1 saturated carbocycles. The Kier molecular flexibility index (Phi) is 6.45. The fourth-order valence-electron chi connectivity index (χ4n) is 4.41. The van der Waals surface area contributed by atoms with Crippen LogP contribution < -0.4 is 4.72 Å². The number of pyridine rings is 1. The first kappa shape index (κ1) is 23.3. The minimum absolute atomic E-state index is 0.108. The van der Waals surface area contributed by atoms with Gasteiger partial charge in [0.25, 0.3) is 0 Å². The normalized spacial score (nSPS) is 14.9. The van der Waals surface area contributed by atoms with Gasteiger partial charge in [-0.1, -0.05) is 12.8 Å². The molecular formula is C23H23F3N4O2S. The predicted octanol–water partition coefficient (Wildman–Crippen LogP) is 4.72. The number of alkyl halides is 2. The monoisotopic (exact) mass is 476 g/mol. The van der Waals surface area contributed by atoms with Crippen LogP contribution in [0.25, 0.3) is 22.3 Å². The molecule has 1 aliphatic carbocycles. The maximum atomic E-state index is 14.4. The maximum Gasteiger partial charge on any atom is 0.242 e. The number of fused-ring (bicyclic) bond motifs is 1. The average Bonchev–Trinajstić information content (AvgIpc) is 3.44. The fourth-order valence-corrected chi connectivity index (χ4v) is 5.55. The Morgan fingerprint density at radius 1 is 1.24 bits per heavy atom. The lowest BCUT2D eigenvalue weighted by molar-refractivity contribution is 0.334. The molecule has 4 rings (SSSR count). The number of hydrogen-bond donors (Lipinski definition) is 1. The number of sulfonamides is 1. The molecule has 174 valence electrons. The molecule has 0 atom stereocenters. The first-order valence-electron chi connectivity index (χ1n) is 10.7. The van der Waals surface area contributed by atoms with E-state index in [-0.39, 0.29) is 16.5 Å². The van der Waals surface area contributed by atoms with Gasteiger partial charge in [0, 0.05) is 17.6 Å². The van der Waals surface area contributed by atoms with Gasteiger partial charge in [-0.05, 0) is 49.6 Å². The van der Waals surface area contributed by atoms with E-state index < -0.39 is 35.2 Å². The van der Waals surface area contributed by atoms with E-state index >= 15 is 0 Å². The van der Waals surface area contributed by atoms with Crippen molar-refractivity contribution >= 4 is 20.9 Å². The second-order valence-corrected chi connectivity index (χ2v) is 9.98. The third-order valence-electron chi connectivity index (χ3n) is 6.07. The van der Waals surface area contributed by atoms with Gasteiger partial charge in [0.05, 0.1) is 28.5 Å². The molecule has 0 unspecified atom stereocenters. The first-order chi connectivity index (χ1) is 15.8. The minimum atomic E-state index is -4.17. The lowest BCUT2D eigenvalue weighted by Gasteiger charge is -2.18. The van der Waals surface area contributed by atoms with E-state index in [2.05, 4.69) is 11.1 Å². The van der Waals surface area contributed by atoms with Crippen LogP contribution in [0.15, 0.2) is 35.4 Å². The fraction of sp³-hybridized carbons (Fsp3) is 0.391. The van der Waals surface area contributed by atoms with Gasteiger partial charge in [0.2, 0.25) is 10.0 Å². The zero-order valence-corrected chi connectivity index (χ0v) is 18.8. The van der Waals surface area contributed by atoms with Crippen LogP contribution in [-0.2, 0) is 10.0 Å². The van der Waals surface area contributed by atoms with Gasteiger partial charge in [-0.2, -0.15) is 5.26 Å². The van der Waals surface area contributed by atoms with Gasteiger partial charge < -0.3 is 4.57 Å². The Bertz CT molecular complexity index is 1320. The molecule has 2 aromatic heterocycles. The molecule has 33 heavy (non-hydrogen) atoms. The maximum absolute atomic E-state index is 14.4. The van der Waals surface area contributed by atoms with Crippen molar-refractivity contribution in [2.45, 2.75) is 49.6 Å². The number of aromatic nitrogens is 2. The summed E-state index contributed by atoms with van der Waals surface area (Å²) in [5.41, 5.74) is 2.34. The van der Waals surface area contributed by atoms with E-state index in [4.69, 9.17) is 0 Å². The molecule has 1 aromatic carbocycles. The van der Waals surface area contributed by atoms with Crippen molar-refractivity contribution < 1.29 is 21.6 Å². The SMILES string of the molecule is Cc1cc2c(cc1F)c(C#N)c(-c1ccc(S(=O)(=O)NC(CF)CF)cn1)n2C1CCCC1. The Balaban J connectivity index is 1.86. The summed E-state index contributed by atoms with van der Waals surface area (Å²) in [5.74, 6) is -0.412. The van der Waals surface area contributed by atoms with Crippen LogP contribution in [0.1, 0.15) is 42.9 Å². The van der Waals surface area contributed by atoms with Crippen molar-refractivity contribution in [2.75, 3.05) is 13.3 Å². The van der Waals surface area contributed by atoms with Crippen molar-refractivity contribution in [3.05, 3.63) is 47.4 Å². The van der Waals surface area contributed by atoms with E-state index in [1.807, 2.05) is 9.29 Å². The molecule has 6 nitrogen and oxygen atoms in total. The molecule has 0 radical (unpaired) electrons. The number of benzene rings is 1. The van der Waals surface area contributed by atoms with Gasteiger partial charge >= 0.3 is 0 Å². The molecule has 0 bridgehead atoms. The Hall–Kier alpha value is -2.90. The van der Waals surface area contributed by atoms with Crippen molar-refractivity contribution in [3.8, 4) is 17.5 Å². The number of halogens is 3. The molecule has 0 spiro atoms. The van der Waals surface area contributed by atoms with Crippen LogP contribution in [-0.4, -0.2) is 37.4 Å². The molecule has 2 heterocycles. The number of rotatable bonds is 7. The predicted molar refractivity (Wildman–Crippen MR) is 118 cm³/mol. The molecule has 0 aliphatic heterocycles. The Labute approximate surface area is 190 Å². The average molecular weight is 477 g/mol. The first-order valence-corrected chi connectivity index (χ1v) is 12.1. The Morgan fingerprint density at radius 3 is 2.52 bits per heavy atom. The standard InChI is InChI=1S/C23H23F3N4O2S/c1-14-8-22-18(9-20(14)26)19(12-27)23(30(22)16-4-2-3-5-16)21-7-6-17(13-28-21)33(31,32)29-15(10-24)11-25/h6-9,13,15-16,29H,2-5,10-11H2,1H3. The third-order valence-corrected chi connectivity index (χ3v) is 7.57. The number of nitriles is 1. The summed E-state index contributed by atoms with van der Waals surface area (Å²) in [6, 6.07) is 6.63. The van der Waals surface area contributed by atoms with Crippen LogP contribution in [0, 0.1) is 24.1 Å². The number of hydrogen-bond acceptors (Lipinski definition) is 4. The molecule has 10 heteroatoms. The molecule has 3 aromatic rings. The van der Waals surface area contributed by atoms with Gasteiger partial charge in [-0.25, -0.2) is 26.3 Å². The van der Waals surface area contributed by atoms with Crippen molar-refractivity contribution in [2.24, 2.45) is 0 Å². The van der Waals surface area contributed by atoms with E-state index in [9.17, 15) is 26.9 Å². The Morgan fingerprint density at radius 2 is 1.94 bits per heavy atom. The van der Waals surface area contributed by atoms with Crippen LogP contribution in [0.2, 0.25) is 0 Å². The smallest absolute Gasteiger partial charge is 0.242 e. The summed E-state index contributed by atoms with van der Waals surface area (Å²) in [5, 5.41) is 10.4. The van der Waals surface area contributed by atoms with Crippen LogP contribution in [0.4, 0.5) is 13.2 Å². The lowest BCUT2D eigenvalue weighted by atomic mass is 10.1. The van der Waals surface area contributed by atoms with Crippen LogP contribution in [0.3, 0.4) is 0 Å². The highest BCUT2D eigenvalue weighted by atomic mass is 32.2. The van der Waals surface area contributed by atoms with E-state index in [1.54, 1.807) is 13.0 Å². The zero-order chi connectivity index (χ0) is 23.8. The quantitative estimate of drug-likeness (QED) is 0.534. The van der Waals surface area contributed by atoms with Crippen molar-refractivity contribution in [1.29, 1.82) is 5.26 Å². The number of nitrogens with zero attached hydrogens (tertiary/aromatic N) is 3. The lowest BCUT2D eigenvalue weighted by Crippen LogP contribution is -2.37. The highest BCUT2D eigenvalue weighted by Gasteiger charge is 2.28. The molecule has 1 N–H and O–H groups in total. The van der Waals surface area contributed by atoms with E-state index in [0.717, 1.165) is 37.4 Å². The van der Waals surface area contributed by atoms with Gasteiger partial charge in [0.1, 0.15) is 30.1 Å². The summed E-state index contributed by atoms with van der Waals surface area (Å²) >= 11 is 0. The molecule has 0 saturated heterocycles. The summed E-state index contributed by atoms with van der Waals surface area (Å²) in [7, 11) is -4.17. The van der Waals surface area contributed by atoms with Gasteiger partial charge in [0.15, 0.2) is 0 Å². The molecular weight excluding hydrogens is 453 g/mol. The molecule has 0 amide bonds. The number of nitrogens with one attached hydrogen (secondary N) is 1. The number of aryl methyl sites for hydroxylation is 1. The topological polar surface area (TPSA) is 87.8 Å². The summed E-state index contributed by atoms with van der Waals surface area (Å²) < 4.78 is 68.8.